The Kier molecular flexibility index (Phi) is 3.04. The molecule has 2 N–H and O–H groups in total. The number of nitrogens with zero attached hydrogens (tertiary/aromatic N) is 3. The molecule has 96 valence electrons. The maximum absolute atomic E-state index is 11.4. The summed E-state index contributed by atoms with van der Waals surface area (Å²) in [6, 6.07) is 3.72. The largest absolute Gasteiger partial charge is 0.469 e. The molecular formula is C12H16N4O2. The van der Waals surface area contributed by atoms with Crippen LogP contribution in [0.15, 0.2) is 18.3 Å². The molecule has 0 saturated heterocycles. The molecule has 18 heavy (non-hydrogen) atoms. The smallest absolute Gasteiger partial charge is 0.307 e. The van der Waals surface area contributed by atoms with E-state index >= 15 is 0 Å². The predicted molar refractivity (Wildman–Crippen MR) is 66.7 cm³/mol. The van der Waals surface area contributed by atoms with Crippen LogP contribution < -0.4 is 5.73 Å². The normalized spacial score (nSPS) is 14.4. The molecule has 0 saturated carbocycles. The Bertz CT molecular complexity index is 589. The highest BCUT2D eigenvalue weighted by molar-refractivity contribution is 5.80. The number of fused-ring (bicyclic) bond motifs is 1. The SMILES string of the molecule is COC(=O)CC(C)(N)c1nn(C)c2ncccc12. The summed E-state index contributed by atoms with van der Waals surface area (Å²) in [4.78, 5) is 15.6. The summed E-state index contributed by atoms with van der Waals surface area (Å²) in [5, 5.41) is 5.23. The minimum atomic E-state index is -0.879. The lowest BCUT2D eigenvalue weighted by Crippen LogP contribution is -2.36. The molecule has 2 aromatic rings. The number of ether oxygens (including phenoxy) is 1. The van der Waals surface area contributed by atoms with Gasteiger partial charge in [-0.2, -0.15) is 5.10 Å². The van der Waals surface area contributed by atoms with Gasteiger partial charge in [0.25, 0.3) is 0 Å². The van der Waals surface area contributed by atoms with Gasteiger partial charge in [-0.3, -0.25) is 9.48 Å². The number of hydrogen-bond acceptors (Lipinski definition) is 5. The van der Waals surface area contributed by atoms with Crippen molar-refractivity contribution >= 4 is 17.0 Å². The van der Waals surface area contributed by atoms with Crippen molar-refractivity contribution in [2.24, 2.45) is 12.8 Å². The molecule has 0 aliphatic heterocycles. The van der Waals surface area contributed by atoms with Gasteiger partial charge in [-0.05, 0) is 19.1 Å². The van der Waals surface area contributed by atoms with Gasteiger partial charge in [0.15, 0.2) is 5.65 Å². The van der Waals surface area contributed by atoms with E-state index in [1.807, 2.05) is 12.1 Å². The molecule has 0 bridgehead atoms. The van der Waals surface area contributed by atoms with Gasteiger partial charge >= 0.3 is 5.97 Å². The van der Waals surface area contributed by atoms with Crippen LogP contribution in [0.5, 0.6) is 0 Å². The van der Waals surface area contributed by atoms with Gasteiger partial charge in [0.2, 0.25) is 0 Å². The maximum Gasteiger partial charge on any atom is 0.307 e. The highest BCUT2D eigenvalue weighted by Gasteiger charge is 2.30. The van der Waals surface area contributed by atoms with Crippen molar-refractivity contribution in [3.05, 3.63) is 24.0 Å². The molecule has 0 aliphatic rings. The van der Waals surface area contributed by atoms with E-state index in [9.17, 15) is 4.79 Å². The molecule has 1 unspecified atom stereocenters. The lowest BCUT2D eigenvalue weighted by atomic mass is 9.93. The van der Waals surface area contributed by atoms with E-state index in [0.717, 1.165) is 11.0 Å². The minimum Gasteiger partial charge on any atom is -0.469 e. The minimum absolute atomic E-state index is 0.0739. The number of carbonyl (C=O) groups excluding carboxylic acids is 1. The van der Waals surface area contributed by atoms with Crippen LogP contribution in [0, 0.1) is 0 Å². The zero-order valence-corrected chi connectivity index (χ0v) is 10.7. The number of aromatic nitrogens is 3. The van der Waals surface area contributed by atoms with Crippen LogP contribution in [0.2, 0.25) is 0 Å². The highest BCUT2D eigenvalue weighted by atomic mass is 16.5. The molecule has 6 nitrogen and oxygen atoms in total. The van der Waals surface area contributed by atoms with Crippen molar-refractivity contribution < 1.29 is 9.53 Å². The first kappa shape index (κ1) is 12.5. The van der Waals surface area contributed by atoms with Crippen molar-refractivity contribution in [3.63, 3.8) is 0 Å². The van der Waals surface area contributed by atoms with Gasteiger partial charge in [0.05, 0.1) is 24.8 Å². The van der Waals surface area contributed by atoms with Crippen LogP contribution in [0.1, 0.15) is 19.0 Å². The molecule has 2 heterocycles. The Morgan fingerprint density at radius 1 is 1.61 bits per heavy atom. The van der Waals surface area contributed by atoms with E-state index in [-0.39, 0.29) is 12.4 Å². The third kappa shape index (κ3) is 2.06. The second kappa shape index (κ2) is 4.38. The van der Waals surface area contributed by atoms with Crippen LogP contribution in [-0.4, -0.2) is 27.8 Å². The van der Waals surface area contributed by atoms with Crippen molar-refractivity contribution in [3.8, 4) is 0 Å². The fourth-order valence-corrected chi connectivity index (χ4v) is 1.97. The zero-order chi connectivity index (χ0) is 13.3. The van der Waals surface area contributed by atoms with E-state index in [2.05, 4.69) is 14.8 Å². The van der Waals surface area contributed by atoms with Crippen LogP contribution in [0.4, 0.5) is 0 Å². The van der Waals surface area contributed by atoms with Crippen molar-refractivity contribution in [1.82, 2.24) is 14.8 Å². The standard InChI is InChI=1S/C12H16N4O2/c1-12(13,7-9(17)18-3)10-8-5-4-6-14-11(8)16(2)15-10/h4-6H,7,13H2,1-3H3. The first-order chi connectivity index (χ1) is 8.45. The van der Waals surface area contributed by atoms with Gasteiger partial charge < -0.3 is 10.5 Å². The number of nitrogens with two attached hydrogens (primary N) is 1. The summed E-state index contributed by atoms with van der Waals surface area (Å²) < 4.78 is 6.32. The summed E-state index contributed by atoms with van der Waals surface area (Å²) in [5.41, 5.74) is 6.71. The molecule has 0 aromatic carbocycles. The summed E-state index contributed by atoms with van der Waals surface area (Å²) in [6.45, 7) is 1.76. The number of carbonyl (C=O) groups is 1. The molecule has 0 spiro atoms. The molecular weight excluding hydrogens is 232 g/mol. The number of esters is 1. The molecule has 0 amide bonds. The predicted octanol–water partition coefficient (Wildman–Crippen LogP) is 0.705. The quantitative estimate of drug-likeness (QED) is 0.809. The fraction of sp³-hybridized carbons (Fsp3) is 0.417. The Balaban J connectivity index is 2.50. The fourth-order valence-electron chi connectivity index (χ4n) is 1.97. The van der Waals surface area contributed by atoms with Crippen molar-refractivity contribution in [2.45, 2.75) is 18.9 Å². The molecule has 0 radical (unpaired) electrons. The Morgan fingerprint density at radius 2 is 2.33 bits per heavy atom. The van der Waals surface area contributed by atoms with E-state index in [1.165, 1.54) is 7.11 Å². The first-order valence-corrected chi connectivity index (χ1v) is 5.59. The number of hydrogen-bond donors (Lipinski definition) is 1. The first-order valence-electron chi connectivity index (χ1n) is 5.59. The molecule has 0 aliphatic carbocycles. The Labute approximate surface area is 105 Å². The second-order valence-corrected chi connectivity index (χ2v) is 4.52. The lowest BCUT2D eigenvalue weighted by molar-refractivity contribution is -0.142. The van der Waals surface area contributed by atoms with Crippen LogP contribution >= 0.6 is 0 Å². The molecule has 6 heteroatoms. The number of rotatable bonds is 3. The highest BCUT2D eigenvalue weighted by Crippen LogP contribution is 2.27. The van der Waals surface area contributed by atoms with Gasteiger partial charge in [-0.1, -0.05) is 0 Å². The van der Waals surface area contributed by atoms with Crippen LogP contribution in [-0.2, 0) is 22.1 Å². The maximum atomic E-state index is 11.4. The van der Waals surface area contributed by atoms with Crippen LogP contribution in [0.25, 0.3) is 11.0 Å². The lowest BCUT2D eigenvalue weighted by Gasteiger charge is -2.21. The van der Waals surface area contributed by atoms with E-state index in [4.69, 9.17) is 5.73 Å². The third-order valence-corrected chi connectivity index (χ3v) is 2.88. The molecule has 2 aromatic heterocycles. The molecule has 0 fully saturated rings. The van der Waals surface area contributed by atoms with Crippen molar-refractivity contribution in [2.75, 3.05) is 7.11 Å². The number of pyridine rings is 1. The Morgan fingerprint density at radius 3 is 3.00 bits per heavy atom. The average Bonchev–Trinajstić information content (AvgIpc) is 2.68. The molecule has 1 atom stereocenters. The topological polar surface area (TPSA) is 83.0 Å². The van der Waals surface area contributed by atoms with Gasteiger partial charge in [0, 0.05) is 18.6 Å². The van der Waals surface area contributed by atoms with E-state index in [0.29, 0.717) is 5.69 Å². The van der Waals surface area contributed by atoms with Crippen LogP contribution in [0.3, 0.4) is 0 Å². The van der Waals surface area contributed by atoms with E-state index < -0.39 is 5.54 Å². The second-order valence-electron chi connectivity index (χ2n) is 4.52. The summed E-state index contributed by atoms with van der Waals surface area (Å²) in [6.07, 6.45) is 1.77. The molecule has 2 rings (SSSR count). The number of methoxy groups -OCH3 is 1. The van der Waals surface area contributed by atoms with Gasteiger partial charge in [-0.25, -0.2) is 4.98 Å². The van der Waals surface area contributed by atoms with Gasteiger partial charge in [-0.15, -0.1) is 0 Å². The monoisotopic (exact) mass is 248 g/mol. The summed E-state index contributed by atoms with van der Waals surface area (Å²) >= 11 is 0. The summed E-state index contributed by atoms with van der Waals surface area (Å²) in [5.74, 6) is -0.359. The average molecular weight is 248 g/mol. The zero-order valence-electron chi connectivity index (χ0n) is 10.7. The third-order valence-electron chi connectivity index (χ3n) is 2.88. The number of aryl methyl sites for hydroxylation is 1. The summed E-state index contributed by atoms with van der Waals surface area (Å²) in [7, 11) is 3.14. The van der Waals surface area contributed by atoms with Gasteiger partial charge in [0.1, 0.15) is 0 Å². The van der Waals surface area contributed by atoms with Crippen molar-refractivity contribution in [1.29, 1.82) is 0 Å². The van der Waals surface area contributed by atoms with E-state index in [1.54, 1.807) is 24.9 Å². The Hall–Kier alpha value is -1.95.